The third-order valence-corrected chi connectivity index (χ3v) is 5.67. The fourth-order valence-electron chi connectivity index (χ4n) is 3.96. The van der Waals surface area contributed by atoms with Crippen molar-refractivity contribution in [2.75, 3.05) is 36.0 Å². The number of amides is 2. The van der Waals surface area contributed by atoms with E-state index in [1.54, 1.807) is 4.90 Å². The van der Waals surface area contributed by atoms with Crippen LogP contribution in [0.1, 0.15) is 32.8 Å². The second-order valence-corrected chi connectivity index (χ2v) is 7.43. The molecule has 0 aliphatic carbocycles. The standard InChI is InChI=1S/C24H31N3O2/c1-4-25(5-2)21-12-14-22(15-13-21)27-18-20(16-23(27)28)24(29)26(6-3)17-19-10-8-7-9-11-19/h7-15,20H,4-6,16-18H2,1-3H3. The monoisotopic (exact) mass is 393 g/mol. The van der Waals surface area contributed by atoms with Crippen molar-refractivity contribution in [3.63, 3.8) is 0 Å². The predicted molar refractivity (Wildman–Crippen MR) is 118 cm³/mol. The molecule has 2 amide bonds. The van der Waals surface area contributed by atoms with Crippen LogP contribution in [-0.4, -0.2) is 42.9 Å². The molecule has 0 saturated carbocycles. The van der Waals surface area contributed by atoms with E-state index in [9.17, 15) is 9.59 Å². The van der Waals surface area contributed by atoms with Gasteiger partial charge >= 0.3 is 0 Å². The Balaban J connectivity index is 1.68. The van der Waals surface area contributed by atoms with Crippen LogP contribution in [0, 0.1) is 5.92 Å². The minimum atomic E-state index is -0.284. The van der Waals surface area contributed by atoms with E-state index < -0.39 is 0 Å². The maximum Gasteiger partial charge on any atom is 0.228 e. The number of hydrogen-bond donors (Lipinski definition) is 0. The molecule has 29 heavy (non-hydrogen) atoms. The lowest BCUT2D eigenvalue weighted by molar-refractivity contribution is -0.136. The molecule has 2 aromatic rings. The van der Waals surface area contributed by atoms with E-state index in [2.05, 4.69) is 30.9 Å². The van der Waals surface area contributed by atoms with Crippen molar-refractivity contribution < 1.29 is 9.59 Å². The van der Waals surface area contributed by atoms with Gasteiger partial charge in [-0.1, -0.05) is 30.3 Å². The average Bonchev–Trinajstić information content (AvgIpc) is 3.15. The number of benzene rings is 2. The summed E-state index contributed by atoms with van der Waals surface area (Å²) in [4.78, 5) is 31.6. The number of carbonyl (C=O) groups excluding carboxylic acids is 2. The Labute approximate surface area is 173 Å². The molecule has 1 fully saturated rings. The predicted octanol–water partition coefficient (Wildman–Crippen LogP) is 3.93. The minimum Gasteiger partial charge on any atom is -0.372 e. The zero-order chi connectivity index (χ0) is 20.8. The van der Waals surface area contributed by atoms with Gasteiger partial charge < -0.3 is 14.7 Å². The summed E-state index contributed by atoms with van der Waals surface area (Å²) in [6.07, 6.45) is 0.280. The molecule has 2 aromatic carbocycles. The summed E-state index contributed by atoms with van der Waals surface area (Å²) in [7, 11) is 0. The normalized spacial score (nSPS) is 16.2. The topological polar surface area (TPSA) is 43.9 Å². The van der Waals surface area contributed by atoms with Gasteiger partial charge in [0.15, 0.2) is 0 Å². The van der Waals surface area contributed by atoms with Crippen LogP contribution in [0.15, 0.2) is 54.6 Å². The first-order valence-electron chi connectivity index (χ1n) is 10.5. The van der Waals surface area contributed by atoms with Crippen LogP contribution in [0.4, 0.5) is 11.4 Å². The van der Waals surface area contributed by atoms with Crippen LogP contribution >= 0.6 is 0 Å². The Morgan fingerprint density at radius 1 is 0.966 bits per heavy atom. The molecule has 1 unspecified atom stereocenters. The molecule has 1 aliphatic heterocycles. The van der Waals surface area contributed by atoms with E-state index in [0.29, 0.717) is 19.6 Å². The summed E-state index contributed by atoms with van der Waals surface area (Å²) in [5, 5.41) is 0. The number of rotatable bonds is 8. The van der Waals surface area contributed by atoms with Gasteiger partial charge in [-0.15, -0.1) is 0 Å². The first kappa shape index (κ1) is 20.9. The minimum absolute atomic E-state index is 0.0229. The van der Waals surface area contributed by atoms with Crippen LogP contribution in [0.5, 0.6) is 0 Å². The highest BCUT2D eigenvalue weighted by molar-refractivity contribution is 6.00. The van der Waals surface area contributed by atoms with Crippen LogP contribution in [0.2, 0.25) is 0 Å². The summed E-state index contributed by atoms with van der Waals surface area (Å²) in [5.74, 6) is -0.199. The van der Waals surface area contributed by atoms with Gasteiger partial charge in [0.2, 0.25) is 11.8 Å². The van der Waals surface area contributed by atoms with Crippen molar-refractivity contribution in [3.8, 4) is 0 Å². The van der Waals surface area contributed by atoms with E-state index >= 15 is 0 Å². The van der Waals surface area contributed by atoms with Crippen LogP contribution in [0.3, 0.4) is 0 Å². The summed E-state index contributed by atoms with van der Waals surface area (Å²) in [6.45, 7) is 9.82. The van der Waals surface area contributed by atoms with Gasteiger partial charge in [-0.25, -0.2) is 0 Å². The fraction of sp³-hybridized carbons (Fsp3) is 0.417. The summed E-state index contributed by atoms with van der Waals surface area (Å²) in [5.41, 5.74) is 3.13. The van der Waals surface area contributed by atoms with Crippen molar-refractivity contribution in [3.05, 3.63) is 60.2 Å². The third kappa shape index (κ3) is 4.78. The highest BCUT2D eigenvalue weighted by atomic mass is 16.2. The Bertz CT molecular complexity index is 816. The highest BCUT2D eigenvalue weighted by Crippen LogP contribution is 2.28. The van der Waals surface area contributed by atoms with E-state index in [1.807, 2.05) is 54.3 Å². The largest absolute Gasteiger partial charge is 0.372 e. The lowest BCUT2D eigenvalue weighted by Gasteiger charge is -2.25. The molecule has 0 spiro atoms. The third-order valence-electron chi connectivity index (χ3n) is 5.67. The second kappa shape index (κ2) is 9.59. The van der Waals surface area contributed by atoms with Crippen molar-refractivity contribution in [2.45, 2.75) is 33.7 Å². The molecule has 1 aliphatic rings. The SMILES string of the molecule is CCN(Cc1ccccc1)C(=O)C1CC(=O)N(c2ccc(N(CC)CC)cc2)C1. The molecule has 154 valence electrons. The smallest absolute Gasteiger partial charge is 0.228 e. The van der Waals surface area contributed by atoms with Crippen LogP contribution in [-0.2, 0) is 16.1 Å². The number of carbonyl (C=O) groups is 2. The molecule has 1 saturated heterocycles. The Morgan fingerprint density at radius 2 is 1.62 bits per heavy atom. The molecule has 5 nitrogen and oxygen atoms in total. The average molecular weight is 394 g/mol. The lowest BCUT2D eigenvalue weighted by atomic mass is 10.1. The lowest BCUT2D eigenvalue weighted by Crippen LogP contribution is -2.37. The molecule has 0 bridgehead atoms. The van der Waals surface area contributed by atoms with Crippen LogP contribution in [0.25, 0.3) is 0 Å². The first-order chi connectivity index (χ1) is 14.1. The molecule has 5 heteroatoms. The zero-order valence-electron chi connectivity index (χ0n) is 17.7. The molecular weight excluding hydrogens is 362 g/mol. The Morgan fingerprint density at radius 3 is 2.21 bits per heavy atom. The summed E-state index contributed by atoms with van der Waals surface area (Å²) >= 11 is 0. The molecule has 0 N–H and O–H groups in total. The molecule has 0 radical (unpaired) electrons. The Kier molecular flexibility index (Phi) is 6.91. The van der Waals surface area contributed by atoms with E-state index in [-0.39, 0.29) is 24.2 Å². The van der Waals surface area contributed by atoms with E-state index in [1.165, 1.54) is 0 Å². The maximum atomic E-state index is 13.1. The quantitative estimate of drug-likeness (QED) is 0.682. The van der Waals surface area contributed by atoms with E-state index in [4.69, 9.17) is 0 Å². The number of hydrogen-bond acceptors (Lipinski definition) is 3. The fourth-order valence-corrected chi connectivity index (χ4v) is 3.96. The molecule has 0 aromatic heterocycles. The van der Waals surface area contributed by atoms with Crippen molar-refractivity contribution in [1.82, 2.24) is 4.90 Å². The summed E-state index contributed by atoms with van der Waals surface area (Å²) < 4.78 is 0. The second-order valence-electron chi connectivity index (χ2n) is 7.43. The summed E-state index contributed by atoms with van der Waals surface area (Å²) in [6, 6.07) is 18.1. The van der Waals surface area contributed by atoms with E-state index in [0.717, 1.165) is 30.0 Å². The number of anilines is 2. The van der Waals surface area contributed by atoms with Gasteiger partial charge in [0.05, 0.1) is 5.92 Å². The number of nitrogens with zero attached hydrogens (tertiary/aromatic N) is 3. The van der Waals surface area contributed by atoms with Crippen molar-refractivity contribution in [1.29, 1.82) is 0 Å². The molecule has 1 heterocycles. The van der Waals surface area contributed by atoms with Gasteiger partial charge in [-0.05, 0) is 50.6 Å². The highest BCUT2D eigenvalue weighted by Gasteiger charge is 2.37. The van der Waals surface area contributed by atoms with Crippen LogP contribution < -0.4 is 9.80 Å². The van der Waals surface area contributed by atoms with Gasteiger partial charge in [-0.3, -0.25) is 9.59 Å². The van der Waals surface area contributed by atoms with Crippen molar-refractivity contribution >= 4 is 23.2 Å². The van der Waals surface area contributed by atoms with Gasteiger partial charge in [-0.2, -0.15) is 0 Å². The van der Waals surface area contributed by atoms with Gasteiger partial charge in [0.25, 0.3) is 0 Å². The Hall–Kier alpha value is -2.82. The molecule has 1 atom stereocenters. The van der Waals surface area contributed by atoms with Gasteiger partial charge in [0, 0.05) is 50.5 Å². The molecular formula is C24H31N3O2. The van der Waals surface area contributed by atoms with Gasteiger partial charge in [0.1, 0.15) is 0 Å². The maximum absolute atomic E-state index is 13.1. The molecule has 3 rings (SSSR count). The van der Waals surface area contributed by atoms with Crippen molar-refractivity contribution in [2.24, 2.45) is 5.92 Å². The zero-order valence-corrected chi connectivity index (χ0v) is 17.7. The first-order valence-corrected chi connectivity index (χ1v) is 10.5.